The molecule has 0 saturated carbocycles. The highest BCUT2D eigenvalue weighted by Gasteiger charge is 2.21. The SMILES string of the molecule is NC(=O)c1cc(NC2CCOc3ccccc32)ccc1N. The maximum atomic E-state index is 11.4. The molecule has 0 spiro atoms. The number of hydrogen-bond acceptors (Lipinski definition) is 4. The molecule has 0 bridgehead atoms. The van der Waals surface area contributed by atoms with Crippen molar-refractivity contribution in [2.45, 2.75) is 12.5 Å². The largest absolute Gasteiger partial charge is 0.493 e. The Morgan fingerprint density at radius 1 is 1.24 bits per heavy atom. The summed E-state index contributed by atoms with van der Waals surface area (Å²) in [6.45, 7) is 0.659. The van der Waals surface area contributed by atoms with Gasteiger partial charge < -0.3 is 21.5 Å². The second-order valence-corrected chi connectivity index (χ2v) is 5.04. The summed E-state index contributed by atoms with van der Waals surface area (Å²) in [6.07, 6.45) is 0.854. The minimum Gasteiger partial charge on any atom is -0.493 e. The number of nitrogens with one attached hydrogen (secondary N) is 1. The van der Waals surface area contributed by atoms with Crippen LogP contribution in [0.4, 0.5) is 11.4 Å². The molecule has 21 heavy (non-hydrogen) atoms. The fourth-order valence-corrected chi connectivity index (χ4v) is 2.55. The maximum Gasteiger partial charge on any atom is 0.250 e. The smallest absolute Gasteiger partial charge is 0.250 e. The van der Waals surface area contributed by atoms with E-state index in [1.807, 2.05) is 30.3 Å². The number of fused-ring (bicyclic) bond motifs is 1. The monoisotopic (exact) mass is 283 g/mol. The summed E-state index contributed by atoms with van der Waals surface area (Å²) in [7, 11) is 0. The third-order valence-corrected chi connectivity index (χ3v) is 3.62. The molecule has 0 radical (unpaired) electrons. The maximum absolute atomic E-state index is 11.4. The Morgan fingerprint density at radius 2 is 2.05 bits per heavy atom. The number of ether oxygens (including phenoxy) is 1. The highest BCUT2D eigenvalue weighted by Crippen LogP contribution is 2.34. The van der Waals surface area contributed by atoms with Crippen LogP contribution < -0.4 is 21.5 Å². The van der Waals surface area contributed by atoms with Gasteiger partial charge in [-0.1, -0.05) is 18.2 Å². The number of carbonyl (C=O) groups excluding carboxylic acids is 1. The number of nitrogens with two attached hydrogens (primary N) is 2. The standard InChI is InChI=1S/C16H17N3O2/c17-13-6-5-10(9-12(13)16(18)20)19-14-7-8-21-15-4-2-1-3-11(14)15/h1-6,9,14,19H,7-8,17H2,(H2,18,20). The van der Waals surface area contributed by atoms with Gasteiger partial charge in [0.1, 0.15) is 5.75 Å². The molecule has 108 valence electrons. The number of nitrogen functional groups attached to an aromatic ring is 1. The van der Waals surface area contributed by atoms with E-state index >= 15 is 0 Å². The summed E-state index contributed by atoms with van der Waals surface area (Å²) in [6, 6.07) is 13.3. The molecule has 5 N–H and O–H groups in total. The molecule has 1 aliphatic rings. The van der Waals surface area contributed by atoms with E-state index in [2.05, 4.69) is 5.32 Å². The summed E-state index contributed by atoms with van der Waals surface area (Å²) < 4.78 is 5.64. The molecule has 0 saturated heterocycles. The number of rotatable bonds is 3. The average molecular weight is 283 g/mol. The lowest BCUT2D eigenvalue weighted by Crippen LogP contribution is -2.21. The molecule has 0 fully saturated rings. The number of hydrogen-bond donors (Lipinski definition) is 3. The predicted molar refractivity (Wildman–Crippen MR) is 82.3 cm³/mol. The van der Waals surface area contributed by atoms with Crippen molar-refractivity contribution < 1.29 is 9.53 Å². The van der Waals surface area contributed by atoms with E-state index in [0.717, 1.165) is 23.4 Å². The van der Waals surface area contributed by atoms with Crippen molar-refractivity contribution in [3.63, 3.8) is 0 Å². The average Bonchev–Trinajstić information content (AvgIpc) is 2.49. The predicted octanol–water partition coefficient (Wildman–Crippen LogP) is 2.30. The lowest BCUT2D eigenvalue weighted by molar-refractivity contribution is 0.100. The van der Waals surface area contributed by atoms with Gasteiger partial charge in [0.05, 0.1) is 18.2 Å². The van der Waals surface area contributed by atoms with Gasteiger partial charge in [-0.25, -0.2) is 0 Å². The molecule has 3 rings (SSSR count). The lowest BCUT2D eigenvalue weighted by atomic mass is 10.00. The zero-order valence-corrected chi connectivity index (χ0v) is 11.5. The Kier molecular flexibility index (Phi) is 3.39. The van der Waals surface area contributed by atoms with Crippen LogP contribution in [0.1, 0.15) is 28.4 Å². The van der Waals surface area contributed by atoms with Crippen molar-refractivity contribution in [3.8, 4) is 5.75 Å². The number of amides is 1. The molecule has 1 atom stereocenters. The van der Waals surface area contributed by atoms with E-state index in [1.165, 1.54) is 0 Å². The molecule has 1 amide bonds. The van der Waals surface area contributed by atoms with Crippen molar-refractivity contribution in [2.24, 2.45) is 5.73 Å². The zero-order valence-electron chi connectivity index (χ0n) is 11.5. The Labute approximate surface area is 122 Å². The minimum atomic E-state index is -0.525. The van der Waals surface area contributed by atoms with E-state index in [1.54, 1.807) is 12.1 Å². The van der Waals surface area contributed by atoms with E-state index in [4.69, 9.17) is 16.2 Å². The summed E-state index contributed by atoms with van der Waals surface area (Å²) in [4.78, 5) is 11.4. The van der Waals surface area contributed by atoms with Crippen molar-refractivity contribution >= 4 is 17.3 Å². The van der Waals surface area contributed by atoms with Gasteiger partial charge in [-0.3, -0.25) is 4.79 Å². The van der Waals surface area contributed by atoms with E-state index in [0.29, 0.717) is 17.9 Å². The second-order valence-electron chi connectivity index (χ2n) is 5.04. The Balaban J connectivity index is 1.88. The summed E-state index contributed by atoms with van der Waals surface area (Å²) in [5, 5.41) is 3.42. The van der Waals surface area contributed by atoms with E-state index < -0.39 is 5.91 Å². The highest BCUT2D eigenvalue weighted by atomic mass is 16.5. The fourth-order valence-electron chi connectivity index (χ4n) is 2.55. The molecule has 1 aliphatic heterocycles. The Morgan fingerprint density at radius 3 is 2.86 bits per heavy atom. The van der Waals surface area contributed by atoms with Crippen molar-refractivity contribution in [1.82, 2.24) is 0 Å². The highest BCUT2D eigenvalue weighted by molar-refractivity contribution is 5.98. The van der Waals surface area contributed by atoms with Crippen LogP contribution in [-0.4, -0.2) is 12.5 Å². The minimum absolute atomic E-state index is 0.138. The summed E-state index contributed by atoms with van der Waals surface area (Å²) in [5.41, 5.74) is 13.7. The molecule has 0 aliphatic carbocycles. The van der Waals surface area contributed by atoms with Crippen molar-refractivity contribution in [3.05, 3.63) is 53.6 Å². The molecule has 5 nitrogen and oxygen atoms in total. The van der Waals surface area contributed by atoms with Gasteiger partial charge in [0, 0.05) is 23.4 Å². The topological polar surface area (TPSA) is 90.4 Å². The van der Waals surface area contributed by atoms with Crippen LogP contribution in [-0.2, 0) is 0 Å². The van der Waals surface area contributed by atoms with E-state index in [9.17, 15) is 4.79 Å². The molecule has 5 heteroatoms. The molecule has 0 aromatic heterocycles. The van der Waals surface area contributed by atoms with Gasteiger partial charge >= 0.3 is 0 Å². The number of anilines is 2. The van der Waals surface area contributed by atoms with Crippen LogP contribution in [0, 0.1) is 0 Å². The lowest BCUT2D eigenvalue weighted by Gasteiger charge is -2.27. The molecular formula is C16H17N3O2. The Hall–Kier alpha value is -2.69. The molecule has 1 heterocycles. The van der Waals surface area contributed by atoms with Crippen LogP contribution in [0.25, 0.3) is 0 Å². The number of primary amides is 1. The van der Waals surface area contributed by atoms with Gasteiger partial charge in [0.25, 0.3) is 5.91 Å². The molecular weight excluding hydrogens is 266 g/mol. The third kappa shape index (κ3) is 2.63. The third-order valence-electron chi connectivity index (χ3n) is 3.62. The number of para-hydroxylation sites is 1. The Bertz CT molecular complexity index is 685. The van der Waals surface area contributed by atoms with Crippen LogP contribution in [0.5, 0.6) is 5.75 Å². The van der Waals surface area contributed by atoms with Crippen LogP contribution >= 0.6 is 0 Å². The van der Waals surface area contributed by atoms with Crippen molar-refractivity contribution in [2.75, 3.05) is 17.7 Å². The number of carbonyl (C=O) groups is 1. The number of benzene rings is 2. The van der Waals surface area contributed by atoms with E-state index in [-0.39, 0.29) is 6.04 Å². The zero-order chi connectivity index (χ0) is 14.8. The van der Waals surface area contributed by atoms with Crippen LogP contribution in [0.3, 0.4) is 0 Å². The molecule has 2 aromatic carbocycles. The first-order valence-electron chi connectivity index (χ1n) is 6.83. The normalized spacial score (nSPS) is 16.7. The van der Waals surface area contributed by atoms with Gasteiger partial charge in [-0.2, -0.15) is 0 Å². The van der Waals surface area contributed by atoms with Crippen LogP contribution in [0.2, 0.25) is 0 Å². The second kappa shape index (κ2) is 5.36. The first-order valence-corrected chi connectivity index (χ1v) is 6.83. The van der Waals surface area contributed by atoms with Crippen LogP contribution in [0.15, 0.2) is 42.5 Å². The van der Waals surface area contributed by atoms with Crippen molar-refractivity contribution in [1.29, 1.82) is 0 Å². The van der Waals surface area contributed by atoms with Gasteiger partial charge in [0.15, 0.2) is 0 Å². The van der Waals surface area contributed by atoms with Gasteiger partial charge in [0.2, 0.25) is 0 Å². The quantitative estimate of drug-likeness (QED) is 0.754. The summed E-state index contributed by atoms with van der Waals surface area (Å²) in [5.74, 6) is 0.371. The molecule has 1 unspecified atom stereocenters. The molecule has 2 aromatic rings. The fraction of sp³-hybridized carbons (Fsp3) is 0.188. The summed E-state index contributed by atoms with van der Waals surface area (Å²) >= 11 is 0. The first kappa shape index (κ1) is 13.3. The van der Waals surface area contributed by atoms with Gasteiger partial charge in [-0.15, -0.1) is 0 Å². The first-order chi connectivity index (χ1) is 10.1. The van der Waals surface area contributed by atoms with Gasteiger partial charge in [-0.05, 0) is 24.3 Å².